The second-order valence-corrected chi connectivity index (χ2v) is 4.18. The van der Waals surface area contributed by atoms with Crippen molar-refractivity contribution in [2.45, 2.75) is 25.9 Å². The summed E-state index contributed by atoms with van der Waals surface area (Å²) < 4.78 is 25.9. The number of hydrogen-bond acceptors (Lipinski definition) is 3. The Morgan fingerprint density at radius 2 is 2.00 bits per heavy atom. The minimum Gasteiger partial charge on any atom is -0.505 e. The smallest absolute Gasteiger partial charge is 0.323 e. The molecule has 0 atom stereocenters. The van der Waals surface area contributed by atoms with Gasteiger partial charge in [-0.05, 0) is 19.9 Å². The van der Waals surface area contributed by atoms with Gasteiger partial charge >= 0.3 is 5.97 Å². The number of halogens is 2. The van der Waals surface area contributed by atoms with Crippen LogP contribution in [0.5, 0.6) is 5.75 Å². The molecule has 6 heteroatoms. The summed E-state index contributed by atoms with van der Waals surface area (Å²) in [5.74, 6) is -3.69. The van der Waals surface area contributed by atoms with E-state index < -0.39 is 28.9 Å². The lowest BCUT2D eigenvalue weighted by atomic mass is 10.1. The molecule has 0 aliphatic rings. The predicted octanol–water partition coefficient (Wildman–Crippen LogP) is 1.62. The first-order valence-corrected chi connectivity index (χ1v) is 4.89. The molecule has 17 heavy (non-hydrogen) atoms. The highest BCUT2D eigenvalue weighted by molar-refractivity contribution is 5.77. The molecule has 1 aromatic rings. The molecule has 3 N–H and O–H groups in total. The van der Waals surface area contributed by atoms with Gasteiger partial charge in [-0.1, -0.05) is 0 Å². The predicted molar refractivity (Wildman–Crippen MR) is 56.6 cm³/mol. The maximum Gasteiger partial charge on any atom is 0.323 e. The Balaban J connectivity index is 2.87. The van der Waals surface area contributed by atoms with Crippen molar-refractivity contribution in [1.82, 2.24) is 5.32 Å². The summed E-state index contributed by atoms with van der Waals surface area (Å²) in [6, 6.07) is 1.50. The highest BCUT2D eigenvalue weighted by Gasteiger charge is 2.26. The third-order valence-electron chi connectivity index (χ3n) is 2.36. The minimum absolute atomic E-state index is 0.0307. The lowest BCUT2D eigenvalue weighted by molar-refractivity contribution is -0.143. The van der Waals surface area contributed by atoms with Gasteiger partial charge in [0.15, 0.2) is 11.6 Å². The summed E-state index contributed by atoms with van der Waals surface area (Å²) >= 11 is 0. The molecule has 0 aromatic heterocycles. The number of aliphatic carboxylic acids is 1. The number of aromatic hydroxyl groups is 1. The molecule has 0 heterocycles. The molecule has 0 saturated carbocycles. The van der Waals surface area contributed by atoms with Gasteiger partial charge in [0, 0.05) is 18.2 Å². The zero-order valence-corrected chi connectivity index (χ0v) is 9.42. The van der Waals surface area contributed by atoms with E-state index in [4.69, 9.17) is 5.11 Å². The van der Waals surface area contributed by atoms with Crippen molar-refractivity contribution in [3.8, 4) is 5.75 Å². The van der Waals surface area contributed by atoms with Crippen LogP contribution in [0.1, 0.15) is 19.4 Å². The van der Waals surface area contributed by atoms with Crippen molar-refractivity contribution in [2.75, 3.05) is 0 Å². The summed E-state index contributed by atoms with van der Waals surface area (Å²) in [5, 5.41) is 20.7. The quantitative estimate of drug-likeness (QED) is 0.754. The number of carbonyl (C=O) groups is 1. The summed E-state index contributed by atoms with van der Waals surface area (Å²) in [6.07, 6.45) is 0. The Morgan fingerprint density at radius 1 is 1.41 bits per heavy atom. The number of carboxylic acids is 1. The van der Waals surface area contributed by atoms with Gasteiger partial charge in [-0.15, -0.1) is 0 Å². The van der Waals surface area contributed by atoms with E-state index in [2.05, 4.69) is 5.32 Å². The zero-order chi connectivity index (χ0) is 13.2. The number of nitrogens with one attached hydrogen (secondary N) is 1. The zero-order valence-electron chi connectivity index (χ0n) is 9.42. The van der Waals surface area contributed by atoms with E-state index in [-0.39, 0.29) is 12.1 Å². The standard InChI is InChI=1S/C11H13F2NO3/c1-11(2,10(16)17)14-5-6-3-7(12)4-8(13)9(6)15/h3-4,14-15H,5H2,1-2H3,(H,16,17). The number of rotatable bonds is 4. The first-order chi connectivity index (χ1) is 7.74. The van der Waals surface area contributed by atoms with Crippen molar-refractivity contribution in [2.24, 2.45) is 0 Å². The first kappa shape index (κ1) is 13.4. The van der Waals surface area contributed by atoms with Gasteiger partial charge in [0.25, 0.3) is 0 Å². The third kappa shape index (κ3) is 3.13. The molecule has 4 nitrogen and oxygen atoms in total. The SMILES string of the molecule is CC(C)(NCc1cc(F)cc(F)c1O)C(=O)O. The van der Waals surface area contributed by atoms with E-state index in [0.717, 1.165) is 6.07 Å². The van der Waals surface area contributed by atoms with Gasteiger partial charge < -0.3 is 10.2 Å². The molecule has 0 bridgehead atoms. The lowest BCUT2D eigenvalue weighted by Crippen LogP contribution is -2.46. The van der Waals surface area contributed by atoms with Crippen LogP contribution in [0.2, 0.25) is 0 Å². The van der Waals surface area contributed by atoms with Crippen LogP contribution in [-0.2, 0) is 11.3 Å². The highest BCUT2D eigenvalue weighted by atomic mass is 19.1. The molecule has 1 aromatic carbocycles. The van der Waals surface area contributed by atoms with E-state index in [1.165, 1.54) is 13.8 Å². The largest absolute Gasteiger partial charge is 0.505 e. The van der Waals surface area contributed by atoms with Crippen LogP contribution < -0.4 is 5.32 Å². The third-order valence-corrected chi connectivity index (χ3v) is 2.36. The van der Waals surface area contributed by atoms with Crippen LogP contribution in [0.4, 0.5) is 8.78 Å². The normalized spacial score (nSPS) is 11.5. The summed E-state index contributed by atoms with van der Waals surface area (Å²) in [6.45, 7) is 2.66. The van der Waals surface area contributed by atoms with Crippen molar-refractivity contribution >= 4 is 5.97 Å². The fraction of sp³-hybridized carbons (Fsp3) is 0.364. The molecule has 0 unspecified atom stereocenters. The van der Waals surface area contributed by atoms with Crippen LogP contribution >= 0.6 is 0 Å². The maximum atomic E-state index is 13.0. The van der Waals surface area contributed by atoms with Crippen LogP contribution in [0.25, 0.3) is 0 Å². The van der Waals surface area contributed by atoms with Gasteiger partial charge in [0.05, 0.1) is 0 Å². The molecular formula is C11H13F2NO3. The van der Waals surface area contributed by atoms with Gasteiger partial charge in [-0.2, -0.15) is 0 Å². The van der Waals surface area contributed by atoms with E-state index in [9.17, 15) is 18.7 Å². The highest BCUT2D eigenvalue weighted by Crippen LogP contribution is 2.23. The lowest BCUT2D eigenvalue weighted by Gasteiger charge is -2.21. The van der Waals surface area contributed by atoms with E-state index in [1.54, 1.807) is 0 Å². The summed E-state index contributed by atoms with van der Waals surface area (Å²) in [4.78, 5) is 10.8. The van der Waals surface area contributed by atoms with Crippen LogP contribution in [-0.4, -0.2) is 21.7 Å². The fourth-order valence-electron chi connectivity index (χ4n) is 1.15. The fourth-order valence-corrected chi connectivity index (χ4v) is 1.15. The number of phenolic OH excluding ortho intramolecular Hbond substituents is 1. The molecule has 0 amide bonds. The Morgan fingerprint density at radius 3 is 2.53 bits per heavy atom. The Hall–Kier alpha value is -1.69. The average molecular weight is 245 g/mol. The molecule has 94 valence electrons. The average Bonchev–Trinajstić information content (AvgIpc) is 2.21. The number of hydrogen-bond donors (Lipinski definition) is 3. The Labute approximate surface area is 96.9 Å². The van der Waals surface area contributed by atoms with Crippen molar-refractivity contribution in [1.29, 1.82) is 0 Å². The van der Waals surface area contributed by atoms with E-state index in [0.29, 0.717) is 6.07 Å². The Kier molecular flexibility index (Phi) is 3.67. The second-order valence-electron chi connectivity index (χ2n) is 4.18. The number of carboxylic acid groups (broad SMARTS) is 1. The molecule has 0 fully saturated rings. The van der Waals surface area contributed by atoms with E-state index in [1.807, 2.05) is 0 Å². The monoisotopic (exact) mass is 245 g/mol. The first-order valence-electron chi connectivity index (χ1n) is 4.89. The van der Waals surface area contributed by atoms with Gasteiger partial charge in [0.2, 0.25) is 0 Å². The van der Waals surface area contributed by atoms with Crippen LogP contribution in [0.3, 0.4) is 0 Å². The van der Waals surface area contributed by atoms with Crippen molar-refractivity contribution < 1.29 is 23.8 Å². The molecule has 1 rings (SSSR count). The number of phenols is 1. The van der Waals surface area contributed by atoms with Crippen molar-refractivity contribution in [3.05, 3.63) is 29.3 Å². The summed E-state index contributed by atoms with van der Waals surface area (Å²) in [7, 11) is 0. The molecule has 0 saturated heterocycles. The van der Waals surface area contributed by atoms with Gasteiger partial charge in [-0.25, -0.2) is 8.78 Å². The molecule has 0 spiro atoms. The maximum absolute atomic E-state index is 13.0. The number of benzene rings is 1. The minimum atomic E-state index is -1.25. The second kappa shape index (κ2) is 4.67. The summed E-state index contributed by atoms with van der Waals surface area (Å²) in [5.41, 5.74) is -1.29. The van der Waals surface area contributed by atoms with Crippen LogP contribution in [0.15, 0.2) is 12.1 Å². The van der Waals surface area contributed by atoms with E-state index >= 15 is 0 Å². The molecule has 0 radical (unpaired) electrons. The topological polar surface area (TPSA) is 69.6 Å². The molecule has 0 aliphatic carbocycles. The van der Waals surface area contributed by atoms with Crippen LogP contribution in [0, 0.1) is 11.6 Å². The van der Waals surface area contributed by atoms with Gasteiger partial charge in [0.1, 0.15) is 11.4 Å². The molecule has 0 aliphatic heterocycles. The molecular weight excluding hydrogens is 232 g/mol. The van der Waals surface area contributed by atoms with Gasteiger partial charge in [-0.3, -0.25) is 10.1 Å². The van der Waals surface area contributed by atoms with Crippen molar-refractivity contribution in [3.63, 3.8) is 0 Å². The Bertz CT molecular complexity index is 447.